The number of likely N-dealkylation sites (tertiary alicyclic amines) is 1. The molecule has 3 heterocycles. The number of carbonyl (C=O) groups excluding carboxylic acids is 2. The van der Waals surface area contributed by atoms with Gasteiger partial charge in [-0.05, 0) is 51.7 Å². The first-order chi connectivity index (χ1) is 15.1. The Balaban J connectivity index is 1.60. The molecule has 0 aliphatic carbocycles. The molecule has 9 heteroatoms. The maximum atomic E-state index is 12.6. The van der Waals surface area contributed by atoms with Crippen LogP contribution in [0.3, 0.4) is 0 Å². The van der Waals surface area contributed by atoms with E-state index in [-0.39, 0.29) is 29.4 Å². The molecule has 1 aromatic carbocycles. The Hall–Kier alpha value is -3.23. The van der Waals surface area contributed by atoms with Crippen LogP contribution in [0.2, 0.25) is 0 Å². The van der Waals surface area contributed by atoms with Gasteiger partial charge in [0.1, 0.15) is 22.7 Å². The van der Waals surface area contributed by atoms with Crippen molar-refractivity contribution in [2.24, 2.45) is 5.73 Å². The smallest absolute Gasteiger partial charge is 0.410 e. The normalized spacial score (nSPS) is 20.9. The number of amides is 2. The number of benzene rings is 1. The molecule has 0 spiro atoms. The zero-order chi connectivity index (χ0) is 23.0. The lowest BCUT2D eigenvalue weighted by atomic mass is 9.92. The molecule has 32 heavy (non-hydrogen) atoms. The topological polar surface area (TPSA) is 126 Å². The average molecular weight is 442 g/mol. The number of para-hydroxylation sites is 1. The number of nitrogens with two attached hydrogens (primary N) is 2. The van der Waals surface area contributed by atoms with Gasteiger partial charge in [0.25, 0.3) is 5.91 Å². The van der Waals surface area contributed by atoms with Crippen LogP contribution in [0.1, 0.15) is 67.2 Å². The summed E-state index contributed by atoms with van der Waals surface area (Å²) in [6.45, 7) is 6.93. The molecular weight excluding hydrogens is 410 g/mol. The Kier molecular flexibility index (Phi) is 5.75. The van der Waals surface area contributed by atoms with E-state index < -0.39 is 11.5 Å². The molecule has 1 fully saturated rings. The monoisotopic (exact) mass is 441 g/mol. The molecule has 1 saturated heterocycles. The number of primary amides is 1. The van der Waals surface area contributed by atoms with Gasteiger partial charge in [-0.3, -0.25) is 4.79 Å². The van der Waals surface area contributed by atoms with Gasteiger partial charge >= 0.3 is 6.09 Å². The molecule has 2 aliphatic rings. The Morgan fingerprint density at radius 2 is 2.00 bits per heavy atom. The van der Waals surface area contributed by atoms with Crippen molar-refractivity contribution in [3.05, 3.63) is 41.1 Å². The van der Waals surface area contributed by atoms with E-state index in [1.54, 1.807) is 9.58 Å². The lowest BCUT2D eigenvalue weighted by Crippen LogP contribution is -2.43. The maximum absolute atomic E-state index is 12.6. The fourth-order valence-electron chi connectivity index (χ4n) is 4.43. The fraction of sp³-hybridized carbons (Fsp3) is 0.522. The zero-order valence-electron chi connectivity index (χ0n) is 18.8. The summed E-state index contributed by atoms with van der Waals surface area (Å²) in [5.41, 5.74) is 13.4. The second-order valence-electron chi connectivity index (χ2n) is 9.50. The molecule has 0 bridgehead atoms. The molecule has 1 aromatic heterocycles. The van der Waals surface area contributed by atoms with E-state index in [9.17, 15) is 9.59 Å². The lowest BCUT2D eigenvalue weighted by molar-refractivity contribution is 0.0168. The highest BCUT2D eigenvalue weighted by Gasteiger charge is 2.34. The van der Waals surface area contributed by atoms with E-state index in [1.165, 1.54) is 0 Å². The predicted molar refractivity (Wildman–Crippen MR) is 120 cm³/mol. The van der Waals surface area contributed by atoms with Crippen molar-refractivity contribution in [1.82, 2.24) is 14.7 Å². The molecular formula is C23H31N5O4. The van der Waals surface area contributed by atoms with Crippen molar-refractivity contribution < 1.29 is 19.1 Å². The van der Waals surface area contributed by atoms with Crippen LogP contribution in [0.25, 0.3) is 0 Å². The SMILES string of the molecule is CC(C)(C)OC(=O)N1CCCC(n2nc(C3COc4ccccc4C3)c(C(N)=O)c2N)C1. The molecule has 2 unspecified atom stereocenters. The number of rotatable bonds is 3. The van der Waals surface area contributed by atoms with E-state index in [4.69, 9.17) is 26.0 Å². The second-order valence-corrected chi connectivity index (χ2v) is 9.50. The molecule has 172 valence electrons. The Labute approximate surface area is 187 Å². The number of aromatic nitrogens is 2. The molecule has 4 rings (SSSR count). The van der Waals surface area contributed by atoms with Crippen molar-refractivity contribution >= 4 is 17.8 Å². The highest BCUT2D eigenvalue weighted by Crippen LogP contribution is 2.36. The molecule has 2 aromatic rings. The average Bonchev–Trinajstić information content (AvgIpc) is 3.09. The Morgan fingerprint density at radius 3 is 2.72 bits per heavy atom. The highest BCUT2D eigenvalue weighted by molar-refractivity contribution is 5.98. The van der Waals surface area contributed by atoms with Crippen LogP contribution in [0, 0.1) is 0 Å². The van der Waals surface area contributed by atoms with Crippen molar-refractivity contribution in [3.63, 3.8) is 0 Å². The summed E-state index contributed by atoms with van der Waals surface area (Å²) >= 11 is 0. The predicted octanol–water partition coefficient (Wildman–Crippen LogP) is 2.85. The van der Waals surface area contributed by atoms with Crippen LogP contribution in [0.4, 0.5) is 10.6 Å². The minimum Gasteiger partial charge on any atom is -0.493 e. The molecule has 9 nitrogen and oxygen atoms in total. The van der Waals surface area contributed by atoms with Gasteiger partial charge < -0.3 is 25.8 Å². The first-order valence-corrected chi connectivity index (χ1v) is 11.0. The van der Waals surface area contributed by atoms with Crippen LogP contribution in [0.5, 0.6) is 5.75 Å². The molecule has 2 amide bonds. The van der Waals surface area contributed by atoms with Crippen molar-refractivity contribution in [2.45, 2.75) is 57.6 Å². The first kappa shape index (κ1) is 22.0. The molecule has 2 aliphatic heterocycles. The maximum Gasteiger partial charge on any atom is 0.410 e. The summed E-state index contributed by atoms with van der Waals surface area (Å²) in [6, 6.07) is 7.66. The molecule has 2 atom stereocenters. The summed E-state index contributed by atoms with van der Waals surface area (Å²) in [5.74, 6) is 0.336. The van der Waals surface area contributed by atoms with E-state index in [2.05, 4.69) is 0 Å². The number of fused-ring (bicyclic) bond motifs is 1. The fourth-order valence-corrected chi connectivity index (χ4v) is 4.43. The van der Waals surface area contributed by atoms with Gasteiger partial charge in [-0.2, -0.15) is 5.10 Å². The van der Waals surface area contributed by atoms with Gasteiger partial charge in [0.05, 0.1) is 18.3 Å². The number of piperidine rings is 1. The number of ether oxygens (including phenoxy) is 2. The summed E-state index contributed by atoms with van der Waals surface area (Å²) in [5, 5.41) is 4.75. The largest absolute Gasteiger partial charge is 0.493 e. The third kappa shape index (κ3) is 4.37. The van der Waals surface area contributed by atoms with Crippen molar-refractivity contribution in [1.29, 1.82) is 0 Å². The van der Waals surface area contributed by atoms with Crippen LogP contribution in [0.15, 0.2) is 24.3 Å². The number of hydrogen-bond acceptors (Lipinski definition) is 6. The summed E-state index contributed by atoms with van der Waals surface area (Å²) < 4.78 is 13.1. The lowest BCUT2D eigenvalue weighted by Gasteiger charge is -2.34. The number of carbonyl (C=O) groups is 2. The minimum atomic E-state index is -0.609. The van der Waals surface area contributed by atoms with Crippen LogP contribution in [-0.4, -0.2) is 52.0 Å². The van der Waals surface area contributed by atoms with Gasteiger partial charge in [-0.25, -0.2) is 9.48 Å². The quantitative estimate of drug-likeness (QED) is 0.754. The number of anilines is 1. The highest BCUT2D eigenvalue weighted by atomic mass is 16.6. The van der Waals surface area contributed by atoms with E-state index in [0.717, 1.165) is 24.2 Å². The number of hydrogen-bond donors (Lipinski definition) is 2. The van der Waals surface area contributed by atoms with Crippen molar-refractivity contribution in [2.75, 3.05) is 25.4 Å². The summed E-state index contributed by atoms with van der Waals surface area (Å²) in [6.07, 6.45) is 1.89. The molecule has 4 N–H and O–H groups in total. The molecule has 0 radical (unpaired) electrons. The van der Waals surface area contributed by atoms with E-state index in [1.807, 2.05) is 45.0 Å². The first-order valence-electron chi connectivity index (χ1n) is 11.0. The van der Waals surface area contributed by atoms with Gasteiger partial charge in [-0.1, -0.05) is 18.2 Å². The Bertz CT molecular complexity index is 1030. The second kappa shape index (κ2) is 8.37. The standard InChI is InChI=1S/C23H31N5O4/c1-23(2,3)32-22(30)27-10-6-8-16(12-27)28-20(24)18(21(25)29)19(26-28)15-11-14-7-4-5-9-17(14)31-13-15/h4-5,7,9,15-16H,6,8,10-13,24H2,1-3H3,(H2,25,29). The van der Waals surface area contributed by atoms with E-state index in [0.29, 0.717) is 31.8 Å². The van der Waals surface area contributed by atoms with Crippen molar-refractivity contribution in [3.8, 4) is 5.75 Å². The van der Waals surface area contributed by atoms with Gasteiger partial charge in [-0.15, -0.1) is 0 Å². The number of nitrogens with zero attached hydrogens (tertiary/aromatic N) is 3. The van der Waals surface area contributed by atoms with Crippen LogP contribution in [-0.2, 0) is 11.2 Å². The zero-order valence-corrected chi connectivity index (χ0v) is 18.8. The third-order valence-electron chi connectivity index (χ3n) is 5.88. The van der Waals surface area contributed by atoms with Gasteiger partial charge in [0, 0.05) is 19.0 Å². The van der Waals surface area contributed by atoms with Crippen LogP contribution >= 0.6 is 0 Å². The van der Waals surface area contributed by atoms with E-state index >= 15 is 0 Å². The summed E-state index contributed by atoms with van der Waals surface area (Å²) in [7, 11) is 0. The van der Waals surface area contributed by atoms with Gasteiger partial charge in [0.15, 0.2) is 0 Å². The van der Waals surface area contributed by atoms with Gasteiger partial charge in [0.2, 0.25) is 0 Å². The minimum absolute atomic E-state index is 0.138. The Morgan fingerprint density at radius 1 is 1.25 bits per heavy atom. The summed E-state index contributed by atoms with van der Waals surface area (Å²) in [4.78, 5) is 26.6. The molecule has 0 saturated carbocycles. The third-order valence-corrected chi connectivity index (χ3v) is 5.88. The van der Waals surface area contributed by atoms with Crippen LogP contribution < -0.4 is 16.2 Å². The number of nitrogen functional groups attached to an aromatic ring is 1.